The predicted molar refractivity (Wildman–Crippen MR) is 129 cm³/mol. The summed E-state index contributed by atoms with van der Waals surface area (Å²) in [5, 5.41) is 21.5. The maximum Gasteiger partial charge on any atom is 0.158 e. The fourth-order valence-corrected chi connectivity index (χ4v) is 3.89. The maximum atomic E-state index is 11.5. The Hall–Kier alpha value is -2.32. The average molecular weight is 464 g/mol. The first-order valence-corrected chi connectivity index (χ1v) is 11.7. The number of nitrogens with zero attached hydrogens (tertiary/aromatic N) is 2. The van der Waals surface area contributed by atoms with E-state index < -0.39 is 13.2 Å². The van der Waals surface area contributed by atoms with Crippen molar-refractivity contribution in [1.82, 2.24) is 0 Å². The number of aliphatic hydroxyl groups excluding tert-OH is 2. The Morgan fingerprint density at radius 2 is 1.67 bits per heavy atom. The van der Waals surface area contributed by atoms with Crippen molar-refractivity contribution >= 4 is 22.9 Å². The Morgan fingerprint density at radius 1 is 1.09 bits per heavy atom. The second-order valence-corrected chi connectivity index (χ2v) is 9.86. The molecule has 1 aromatic carbocycles. The van der Waals surface area contributed by atoms with Gasteiger partial charge in [-0.3, -0.25) is 9.59 Å². The van der Waals surface area contributed by atoms with Crippen LogP contribution < -0.4 is 9.64 Å². The fourth-order valence-electron chi connectivity index (χ4n) is 3.89. The largest absolute Gasteiger partial charge is 0.491 e. The van der Waals surface area contributed by atoms with E-state index in [1.807, 2.05) is 12.1 Å². The summed E-state index contributed by atoms with van der Waals surface area (Å²) in [5.74, 6) is 0.631. The van der Waals surface area contributed by atoms with Gasteiger partial charge in [0, 0.05) is 37.7 Å². The van der Waals surface area contributed by atoms with Gasteiger partial charge in [-0.2, -0.15) is 5.11 Å². The summed E-state index contributed by atoms with van der Waals surface area (Å²) >= 11 is 0. The first-order valence-electron chi connectivity index (χ1n) is 11.7. The molecule has 0 aliphatic carbocycles. The summed E-state index contributed by atoms with van der Waals surface area (Å²) in [6, 6.07) is 5.44. The molecule has 0 aliphatic heterocycles. The van der Waals surface area contributed by atoms with Crippen LogP contribution in [0.2, 0.25) is 0 Å². The molecule has 186 valence electrons. The SMILES string of the molecule is CC(CCOc1cc(N(CCCC(=O)CO)CCCC(=O)CO)ccc1N=N)CC(C)(C)C. The van der Waals surface area contributed by atoms with Crippen molar-refractivity contribution < 1.29 is 24.5 Å². The molecule has 0 saturated heterocycles. The van der Waals surface area contributed by atoms with Crippen LogP contribution >= 0.6 is 0 Å². The van der Waals surface area contributed by atoms with Gasteiger partial charge in [-0.15, -0.1) is 0 Å². The second-order valence-electron chi connectivity index (χ2n) is 9.86. The van der Waals surface area contributed by atoms with E-state index in [9.17, 15) is 9.59 Å². The van der Waals surface area contributed by atoms with Gasteiger partial charge in [0.05, 0.1) is 6.61 Å². The number of ketones is 2. The van der Waals surface area contributed by atoms with Crippen molar-refractivity contribution in [2.75, 3.05) is 37.8 Å². The normalized spacial score (nSPS) is 12.3. The van der Waals surface area contributed by atoms with Crippen LogP contribution in [-0.2, 0) is 9.59 Å². The lowest BCUT2D eigenvalue weighted by molar-refractivity contribution is -0.122. The fraction of sp³-hybridized carbons (Fsp3) is 0.680. The van der Waals surface area contributed by atoms with Gasteiger partial charge in [-0.25, -0.2) is 5.53 Å². The van der Waals surface area contributed by atoms with Crippen LogP contribution in [0.15, 0.2) is 23.3 Å². The third-order valence-corrected chi connectivity index (χ3v) is 5.38. The summed E-state index contributed by atoms with van der Waals surface area (Å²) in [4.78, 5) is 25.0. The van der Waals surface area contributed by atoms with Crippen LogP contribution in [0.1, 0.15) is 66.2 Å². The molecule has 0 fully saturated rings. The first kappa shape index (κ1) is 28.7. The number of anilines is 1. The summed E-state index contributed by atoms with van der Waals surface area (Å²) in [5.41, 5.74) is 9.03. The van der Waals surface area contributed by atoms with Crippen LogP contribution in [0.5, 0.6) is 5.75 Å². The zero-order valence-corrected chi connectivity index (χ0v) is 20.6. The molecule has 33 heavy (non-hydrogen) atoms. The van der Waals surface area contributed by atoms with Crippen LogP contribution in [0.25, 0.3) is 0 Å². The molecule has 1 aromatic rings. The molecule has 0 spiro atoms. The van der Waals surface area contributed by atoms with E-state index in [-0.39, 0.29) is 29.8 Å². The smallest absolute Gasteiger partial charge is 0.158 e. The number of Topliss-reactive ketones (excluding diaryl/α,β-unsaturated/α-hetero) is 2. The monoisotopic (exact) mass is 463 g/mol. The van der Waals surface area contributed by atoms with Crippen molar-refractivity contribution in [2.45, 2.75) is 66.2 Å². The Morgan fingerprint density at radius 3 is 2.15 bits per heavy atom. The standard InChI is InChI=1S/C25H41N3O5/c1-19(16-25(2,3)4)11-14-33-24-15-20(9-10-23(24)27-26)28(12-5-7-21(31)17-29)13-6-8-22(32)18-30/h9-10,15,19,26,29-30H,5-8,11-14,16-18H2,1-4H3. The molecule has 1 unspecified atom stereocenters. The average Bonchev–Trinajstić information content (AvgIpc) is 2.76. The molecule has 8 heteroatoms. The summed E-state index contributed by atoms with van der Waals surface area (Å²) < 4.78 is 6.01. The molecule has 0 bridgehead atoms. The molecule has 0 aliphatic rings. The highest BCUT2D eigenvalue weighted by Crippen LogP contribution is 2.33. The first-order chi connectivity index (χ1) is 15.6. The van der Waals surface area contributed by atoms with Gasteiger partial charge in [0.2, 0.25) is 0 Å². The molecule has 0 heterocycles. The molecule has 1 atom stereocenters. The van der Waals surface area contributed by atoms with E-state index in [4.69, 9.17) is 20.5 Å². The molecule has 0 aromatic heterocycles. The van der Waals surface area contributed by atoms with Gasteiger partial charge in [0.1, 0.15) is 24.7 Å². The second kappa shape index (κ2) is 14.8. The predicted octanol–water partition coefficient (Wildman–Crippen LogP) is 4.68. The molecule has 3 N–H and O–H groups in total. The summed E-state index contributed by atoms with van der Waals surface area (Å²) in [7, 11) is 0. The van der Waals surface area contributed by atoms with Gasteiger partial charge in [0.15, 0.2) is 11.6 Å². The molecule has 8 nitrogen and oxygen atoms in total. The van der Waals surface area contributed by atoms with Gasteiger partial charge in [0.25, 0.3) is 0 Å². The van der Waals surface area contributed by atoms with Crippen LogP contribution in [0.3, 0.4) is 0 Å². The lowest BCUT2D eigenvalue weighted by Gasteiger charge is -2.26. The zero-order chi connectivity index (χ0) is 24.9. The highest BCUT2D eigenvalue weighted by molar-refractivity contribution is 5.79. The lowest BCUT2D eigenvalue weighted by atomic mass is 9.84. The van der Waals surface area contributed by atoms with E-state index in [2.05, 4.69) is 37.7 Å². The molecule has 0 amide bonds. The van der Waals surface area contributed by atoms with E-state index in [1.54, 1.807) is 6.07 Å². The van der Waals surface area contributed by atoms with Crippen molar-refractivity contribution in [3.8, 4) is 5.75 Å². The molecular formula is C25H41N3O5. The van der Waals surface area contributed by atoms with Crippen LogP contribution in [0.4, 0.5) is 11.4 Å². The van der Waals surface area contributed by atoms with Crippen molar-refractivity contribution in [1.29, 1.82) is 5.53 Å². The highest BCUT2D eigenvalue weighted by Gasteiger charge is 2.16. The number of nitrogens with one attached hydrogen (secondary N) is 1. The third-order valence-electron chi connectivity index (χ3n) is 5.38. The van der Waals surface area contributed by atoms with Crippen LogP contribution in [0, 0.1) is 16.9 Å². The molecule has 1 rings (SSSR count). The van der Waals surface area contributed by atoms with E-state index in [0.29, 0.717) is 49.9 Å². The topological polar surface area (TPSA) is 123 Å². The Kier molecular flexibility index (Phi) is 12.8. The Labute approximate surface area is 197 Å². The van der Waals surface area contributed by atoms with Crippen LogP contribution in [-0.4, -0.2) is 54.7 Å². The number of carbonyl (C=O) groups excluding carboxylic acids is 2. The van der Waals surface area contributed by atoms with Gasteiger partial charge in [-0.1, -0.05) is 27.7 Å². The molecular weight excluding hydrogens is 422 g/mol. The van der Waals surface area contributed by atoms with Gasteiger partial charge >= 0.3 is 0 Å². The number of rotatable bonds is 17. The lowest BCUT2D eigenvalue weighted by Crippen LogP contribution is -2.27. The van der Waals surface area contributed by atoms with Crippen molar-refractivity contribution in [3.63, 3.8) is 0 Å². The number of benzene rings is 1. The number of carbonyl (C=O) groups is 2. The third kappa shape index (κ3) is 11.9. The molecule has 0 saturated carbocycles. The highest BCUT2D eigenvalue weighted by atomic mass is 16.5. The minimum atomic E-state index is -0.462. The van der Waals surface area contributed by atoms with Crippen molar-refractivity contribution in [3.05, 3.63) is 18.2 Å². The van der Waals surface area contributed by atoms with Gasteiger partial charge < -0.3 is 19.8 Å². The summed E-state index contributed by atoms with van der Waals surface area (Å²) in [6.07, 6.45) is 3.68. The van der Waals surface area contributed by atoms with Gasteiger partial charge in [-0.05, 0) is 49.1 Å². The summed E-state index contributed by atoms with van der Waals surface area (Å²) in [6.45, 7) is 9.62. The number of ether oxygens (including phenoxy) is 1. The Balaban J connectivity index is 2.88. The number of aliphatic hydroxyl groups is 2. The minimum Gasteiger partial charge on any atom is -0.491 e. The van der Waals surface area contributed by atoms with E-state index >= 15 is 0 Å². The van der Waals surface area contributed by atoms with E-state index in [0.717, 1.165) is 18.5 Å². The Bertz CT molecular complexity index is 739. The van der Waals surface area contributed by atoms with E-state index in [1.165, 1.54) is 0 Å². The minimum absolute atomic E-state index is 0.206. The molecule has 0 radical (unpaired) electrons. The quantitative estimate of drug-likeness (QED) is 0.288. The number of hydrogen-bond acceptors (Lipinski definition) is 8. The maximum absolute atomic E-state index is 11.5. The zero-order valence-electron chi connectivity index (χ0n) is 20.6. The van der Waals surface area contributed by atoms with Crippen molar-refractivity contribution in [2.24, 2.45) is 16.4 Å². The number of hydrogen-bond donors (Lipinski definition) is 3.